The van der Waals surface area contributed by atoms with Gasteiger partial charge < -0.3 is 0 Å². The van der Waals surface area contributed by atoms with E-state index < -0.39 is 10.0 Å². The molecule has 1 N–H and O–H groups in total. The minimum Gasteiger partial charge on any atom is -0.294 e. The van der Waals surface area contributed by atoms with Crippen molar-refractivity contribution in [3.8, 4) is 0 Å². The predicted octanol–water partition coefficient (Wildman–Crippen LogP) is 3.73. The molecular weight excluding hydrogens is 322 g/mol. The molecule has 0 spiro atoms. The van der Waals surface area contributed by atoms with Gasteiger partial charge in [-0.2, -0.15) is 0 Å². The van der Waals surface area contributed by atoms with Gasteiger partial charge in [0, 0.05) is 22.2 Å². The maximum atomic E-state index is 12.3. The smallest absolute Gasteiger partial charge is 0.261 e. The van der Waals surface area contributed by atoms with Crippen LogP contribution in [0.15, 0.2) is 53.4 Å². The standard InChI is InChI=1S/C16H14ClNO3S/c17-13-2-1-3-15(10-13)22(20,21)18-14-8-6-12(7-9-14)16(19)11-4-5-11/h1-3,6-11,18H,4-5H2. The van der Waals surface area contributed by atoms with Crippen molar-refractivity contribution in [3.05, 3.63) is 59.1 Å². The Morgan fingerprint density at radius 1 is 1.09 bits per heavy atom. The molecule has 22 heavy (non-hydrogen) atoms. The monoisotopic (exact) mass is 335 g/mol. The average Bonchev–Trinajstić information content (AvgIpc) is 3.32. The fourth-order valence-electron chi connectivity index (χ4n) is 2.13. The van der Waals surface area contributed by atoms with Crippen LogP contribution in [0.1, 0.15) is 23.2 Å². The summed E-state index contributed by atoms with van der Waals surface area (Å²) in [5.41, 5.74) is 1.03. The zero-order valence-electron chi connectivity index (χ0n) is 11.6. The lowest BCUT2D eigenvalue weighted by atomic mass is 10.1. The number of hydrogen-bond donors (Lipinski definition) is 1. The van der Waals surface area contributed by atoms with Crippen LogP contribution in [-0.4, -0.2) is 14.2 Å². The van der Waals surface area contributed by atoms with Crippen LogP contribution in [0.4, 0.5) is 5.69 Å². The van der Waals surface area contributed by atoms with E-state index in [-0.39, 0.29) is 16.6 Å². The van der Waals surface area contributed by atoms with Gasteiger partial charge in [-0.05, 0) is 55.3 Å². The number of carbonyl (C=O) groups excluding carboxylic acids is 1. The SMILES string of the molecule is O=C(c1ccc(NS(=O)(=O)c2cccc(Cl)c2)cc1)C1CC1. The molecule has 0 radical (unpaired) electrons. The molecular formula is C16H14ClNO3S. The van der Waals surface area contributed by atoms with E-state index >= 15 is 0 Å². The number of carbonyl (C=O) groups is 1. The molecule has 4 nitrogen and oxygen atoms in total. The molecule has 1 aliphatic rings. The summed E-state index contributed by atoms with van der Waals surface area (Å²) in [4.78, 5) is 12.0. The molecule has 1 aliphatic carbocycles. The third-order valence-electron chi connectivity index (χ3n) is 3.48. The summed E-state index contributed by atoms with van der Waals surface area (Å²) in [7, 11) is -3.69. The number of rotatable bonds is 5. The number of hydrogen-bond acceptors (Lipinski definition) is 3. The maximum absolute atomic E-state index is 12.3. The molecule has 0 heterocycles. The van der Waals surface area contributed by atoms with Gasteiger partial charge in [0.15, 0.2) is 5.78 Å². The number of sulfonamides is 1. The van der Waals surface area contributed by atoms with Crippen molar-refractivity contribution in [2.75, 3.05) is 4.72 Å². The third kappa shape index (κ3) is 3.31. The summed E-state index contributed by atoms with van der Waals surface area (Å²) in [6, 6.07) is 12.5. The first-order valence-corrected chi connectivity index (χ1v) is 8.74. The Morgan fingerprint density at radius 2 is 1.77 bits per heavy atom. The number of ketones is 1. The van der Waals surface area contributed by atoms with Gasteiger partial charge in [-0.1, -0.05) is 17.7 Å². The zero-order chi connectivity index (χ0) is 15.7. The van der Waals surface area contributed by atoms with Crippen molar-refractivity contribution in [1.29, 1.82) is 0 Å². The van der Waals surface area contributed by atoms with Crippen molar-refractivity contribution < 1.29 is 13.2 Å². The van der Waals surface area contributed by atoms with Crippen LogP contribution in [0, 0.1) is 5.92 Å². The van der Waals surface area contributed by atoms with Crippen LogP contribution in [0.25, 0.3) is 0 Å². The highest BCUT2D eigenvalue weighted by Gasteiger charge is 2.30. The Kier molecular flexibility index (Phi) is 3.93. The van der Waals surface area contributed by atoms with Gasteiger partial charge in [0.25, 0.3) is 10.0 Å². The molecule has 0 bridgehead atoms. The number of benzene rings is 2. The molecule has 0 aliphatic heterocycles. The zero-order valence-corrected chi connectivity index (χ0v) is 13.2. The van der Waals surface area contributed by atoms with Crippen LogP contribution < -0.4 is 4.72 Å². The fourth-order valence-corrected chi connectivity index (χ4v) is 3.49. The van der Waals surface area contributed by atoms with Crippen molar-refractivity contribution in [2.45, 2.75) is 17.7 Å². The van der Waals surface area contributed by atoms with Gasteiger partial charge in [-0.3, -0.25) is 9.52 Å². The molecule has 0 unspecified atom stereocenters. The topological polar surface area (TPSA) is 63.2 Å². The molecule has 0 atom stereocenters. The third-order valence-corrected chi connectivity index (χ3v) is 5.09. The fraction of sp³-hybridized carbons (Fsp3) is 0.188. The lowest BCUT2D eigenvalue weighted by Gasteiger charge is -2.09. The summed E-state index contributed by atoms with van der Waals surface area (Å²) in [6.45, 7) is 0. The summed E-state index contributed by atoms with van der Waals surface area (Å²) in [5, 5.41) is 0.355. The van der Waals surface area contributed by atoms with E-state index in [1.807, 2.05) is 0 Å². The first kappa shape index (κ1) is 15.1. The average molecular weight is 336 g/mol. The van der Waals surface area contributed by atoms with Gasteiger partial charge >= 0.3 is 0 Å². The summed E-state index contributed by atoms with van der Waals surface area (Å²) in [6.07, 6.45) is 1.89. The summed E-state index contributed by atoms with van der Waals surface area (Å²) in [5.74, 6) is 0.276. The maximum Gasteiger partial charge on any atom is 0.261 e. The number of nitrogens with one attached hydrogen (secondary N) is 1. The lowest BCUT2D eigenvalue weighted by Crippen LogP contribution is -2.13. The summed E-state index contributed by atoms with van der Waals surface area (Å²) >= 11 is 5.82. The van der Waals surface area contributed by atoms with Crippen LogP contribution in [-0.2, 0) is 10.0 Å². The van der Waals surface area contributed by atoms with Crippen LogP contribution in [0.2, 0.25) is 5.02 Å². The quantitative estimate of drug-likeness (QED) is 0.847. The van der Waals surface area contributed by atoms with Crippen molar-refractivity contribution >= 4 is 33.1 Å². The largest absolute Gasteiger partial charge is 0.294 e. The lowest BCUT2D eigenvalue weighted by molar-refractivity contribution is 0.0967. The van der Waals surface area contributed by atoms with E-state index in [4.69, 9.17) is 11.6 Å². The minimum absolute atomic E-state index is 0.0955. The molecule has 114 valence electrons. The molecule has 0 saturated heterocycles. The molecule has 3 rings (SSSR count). The van der Waals surface area contributed by atoms with Gasteiger partial charge in [0.1, 0.15) is 0 Å². The Morgan fingerprint density at radius 3 is 2.36 bits per heavy atom. The van der Waals surface area contributed by atoms with Crippen molar-refractivity contribution in [3.63, 3.8) is 0 Å². The van der Waals surface area contributed by atoms with E-state index in [9.17, 15) is 13.2 Å². The van der Waals surface area contributed by atoms with Gasteiger partial charge in [-0.25, -0.2) is 8.42 Å². The molecule has 1 fully saturated rings. The van der Waals surface area contributed by atoms with Crippen LogP contribution in [0.5, 0.6) is 0 Å². The second-order valence-electron chi connectivity index (χ2n) is 5.28. The van der Waals surface area contributed by atoms with Crippen LogP contribution >= 0.6 is 11.6 Å². The van der Waals surface area contributed by atoms with E-state index in [2.05, 4.69) is 4.72 Å². The van der Waals surface area contributed by atoms with E-state index in [0.29, 0.717) is 16.3 Å². The number of Topliss-reactive ketones (excluding diaryl/α,β-unsaturated/α-hetero) is 1. The molecule has 0 aromatic heterocycles. The Bertz CT molecular complexity index is 812. The normalized spacial score (nSPS) is 14.6. The van der Waals surface area contributed by atoms with Crippen molar-refractivity contribution in [1.82, 2.24) is 0 Å². The highest BCUT2D eigenvalue weighted by atomic mass is 35.5. The van der Waals surface area contributed by atoms with E-state index in [0.717, 1.165) is 12.8 Å². The Hall–Kier alpha value is -1.85. The van der Waals surface area contributed by atoms with Gasteiger partial charge in [0.2, 0.25) is 0 Å². The molecule has 1 saturated carbocycles. The first-order chi connectivity index (χ1) is 10.5. The second kappa shape index (κ2) is 5.74. The van der Waals surface area contributed by atoms with Crippen molar-refractivity contribution in [2.24, 2.45) is 5.92 Å². The predicted molar refractivity (Wildman–Crippen MR) is 85.8 cm³/mol. The number of anilines is 1. The molecule has 0 amide bonds. The van der Waals surface area contributed by atoms with Crippen LogP contribution in [0.3, 0.4) is 0 Å². The highest BCUT2D eigenvalue weighted by Crippen LogP contribution is 2.32. The number of halogens is 1. The van der Waals surface area contributed by atoms with E-state index in [1.54, 1.807) is 36.4 Å². The first-order valence-electron chi connectivity index (χ1n) is 6.88. The minimum atomic E-state index is -3.69. The molecule has 2 aromatic rings. The van der Waals surface area contributed by atoms with Gasteiger partial charge in [0.05, 0.1) is 4.90 Å². The van der Waals surface area contributed by atoms with Gasteiger partial charge in [-0.15, -0.1) is 0 Å². The molecule has 6 heteroatoms. The molecule has 2 aromatic carbocycles. The Labute approximate surface area is 134 Å². The van der Waals surface area contributed by atoms with E-state index in [1.165, 1.54) is 12.1 Å². The second-order valence-corrected chi connectivity index (χ2v) is 7.40. The summed E-state index contributed by atoms with van der Waals surface area (Å²) < 4.78 is 27.0. The highest BCUT2D eigenvalue weighted by molar-refractivity contribution is 7.92. The Balaban J connectivity index is 1.79.